The van der Waals surface area contributed by atoms with Crippen LogP contribution < -0.4 is 9.64 Å². The van der Waals surface area contributed by atoms with Crippen LogP contribution in [-0.4, -0.2) is 33.7 Å². The van der Waals surface area contributed by atoms with Crippen LogP contribution in [0.5, 0.6) is 5.75 Å². The van der Waals surface area contributed by atoms with E-state index in [0.717, 1.165) is 22.8 Å². The fraction of sp³-hybridized carbons (Fsp3) is 0.312. The lowest BCUT2D eigenvalue weighted by atomic mass is 10.1. The Balaban J connectivity index is 1.98. The summed E-state index contributed by atoms with van der Waals surface area (Å²) in [5.41, 5.74) is 3.26. The average molecular weight is 297 g/mol. The Morgan fingerprint density at radius 1 is 1.23 bits per heavy atom. The Kier molecular flexibility index (Phi) is 3.66. The molecule has 0 saturated heterocycles. The minimum Gasteiger partial charge on any atom is -0.496 e. The molecule has 22 heavy (non-hydrogen) atoms. The summed E-state index contributed by atoms with van der Waals surface area (Å²) in [4.78, 5) is 10.7. The number of anilines is 1. The first-order chi connectivity index (χ1) is 10.6. The molecule has 3 aromatic rings. The molecule has 0 amide bonds. The maximum atomic E-state index is 5.46. The van der Waals surface area contributed by atoms with Gasteiger partial charge in [0.25, 0.3) is 5.78 Å². The molecule has 3 rings (SSSR count). The standard InChI is InChI=1S/C16H19N5O/c1-11-5-6-14(22-4)13(7-11)9-20(3)15-8-12(2)19-16-17-10-18-21(15)16/h5-8,10H,9H2,1-4H3. The third kappa shape index (κ3) is 2.59. The van der Waals surface area contributed by atoms with Gasteiger partial charge < -0.3 is 9.64 Å². The molecule has 2 aromatic heterocycles. The highest BCUT2D eigenvalue weighted by Gasteiger charge is 2.12. The van der Waals surface area contributed by atoms with Crippen molar-refractivity contribution in [3.05, 3.63) is 47.4 Å². The van der Waals surface area contributed by atoms with Gasteiger partial charge in [-0.3, -0.25) is 0 Å². The maximum absolute atomic E-state index is 5.46. The zero-order valence-electron chi connectivity index (χ0n) is 13.2. The Morgan fingerprint density at radius 3 is 2.82 bits per heavy atom. The van der Waals surface area contributed by atoms with Crippen LogP contribution in [0.1, 0.15) is 16.8 Å². The van der Waals surface area contributed by atoms with Gasteiger partial charge in [0.1, 0.15) is 17.9 Å². The van der Waals surface area contributed by atoms with Gasteiger partial charge in [-0.25, -0.2) is 4.98 Å². The molecule has 0 atom stereocenters. The van der Waals surface area contributed by atoms with Crippen LogP contribution in [0, 0.1) is 13.8 Å². The van der Waals surface area contributed by atoms with Gasteiger partial charge in [0.15, 0.2) is 0 Å². The predicted octanol–water partition coefficient (Wildman–Crippen LogP) is 2.39. The molecular weight excluding hydrogens is 278 g/mol. The van der Waals surface area contributed by atoms with Crippen molar-refractivity contribution >= 4 is 11.6 Å². The van der Waals surface area contributed by atoms with Crippen molar-refractivity contribution in [2.75, 3.05) is 19.1 Å². The van der Waals surface area contributed by atoms with Crippen molar-refractivity contribution in [1.29, 1.82) is 0 Å². The molecule has 0 saturated carbocycles. The van der Waals surface area contributed by atoms with Crippen molar-refractivity contribution in [2.45, 2.75) is 20.4 Å². The average Bonchev–Trinajstić information content (AvgIpc) is 2.94. The number of benzene rings is 1. The van der Waals surface area contributed by atoms with E-state index < -0.39 is 0 Å². The Bertz CT molecular complexity index is 811. The molecule has 0 radical (unpaired) electrons. The normalized spacial score (nSPS) is 10.9. The Hall–Kier alpha value is -2.63. The van der Waals surface area contributed by atoms with E-state index in [9.17, 15) is 0 Å². The number of aromatic nitrogens is 4. The molecule has 114 valence electrons. The molecule has 0 unspecified atom stereocenters. The quantitative estimate of drug-likeness (QED) is 0.740. The van der Waals surface area contributed by atoms with Gasteiger partial charge in [0, 0.05) is 30.9 Å². The van der Waals surface area contributed by atoms with Gasteiger partial charge >= 0.3 is 0 Å². The SMILES string of the molecule is COc1ccc(C)cc1CN(C)c1cc(C)nc2ncnn12. The summed E-state index contributed by atoms with van der Waals surface area (Å²) in [5, 5.41) is 4.25. The summed E-state index contributed by atoms with van der Waals surface area (Å²) >= 11 is 0. The lowest BCUT2D eigenvalue weighted by molar-refractivity contribution is 0.409. The molecule has 6 heteroatoms. The molecule has 0 spiro atoms. The zero-order valence-corrected chi connectivity index (χ0v) is 13.2. The molecule has 0 aliphatic carbocycles. The summed E-state index contributed by atoms with van der Waals surface area (Å²) in [6.45, 7) is 4.75. The van der Waals surface area contributed by atoms with Gasteiger partial charge in [-0.2, -0.15) is 14.6 Å². The topological polar surface area (TPSA) is 55.5 Å². The van der Waals surface area contributed by atoms with Gasteiger partial charge in [0.2, 0.25) is 0 Å². The molecule has 0 aliphatic heterocycles. The molecular formula is C16H19N5O. The van der Waals surface area contributed by atoms with E-state index in [1.807, 2.05) is 26.1 Å². The first-order valence-corrected chi connectivity index (χ1v) is 7.10. The van der Waals surface area contributed by atoms with Gasteiger partial charge in [0.05, 0.1) is 7.11 Å². The minimum atomic E-state index is 0.609. The number of methoxy groups -OCH3 is 1. The first kappa shape index (κ1) is 14.3. The number of ether oxygens (including phenoxy) is 1. The van der Waals surface area contributed by atoms with E-state index in [1.165, 1.54) is 11.9 Å². The second-order valence-corrected chi connectivity index (χ2v) is 5.40. The molecule has 0 N–H and O–H groups in total. The van der Waals surface area contributed by atoms with Crippen molar-refractivity contribution in [1.82, 2.24) is 19.6 Å². The van der Waals surface area contributed by atoms with Crippen LogP contribution in [0.25, 0.3) is 5.78 Å². The first-order valence-electron chi connectivity index (χ1n) is 7.10. The smallest absolute Gasteiger partial charge is 0.254 e. The highest BCUT2D eigenvalue weighted by atomic mass is 16.5. The van der Waals surface area contributed by atoms with Crippen LogP contribution in [0.4, 0.5) is 5.82 Å². The molecule has 2 heterocycles. The molecule has 1 aromatic carbocycles. The Labute approximate surface area is 129 Å². The van der Waals surface area contributed by atoms with Gasteiger partial charge in [-0.15, -0.1) is 0 Å². The Morgan fingerprint density at radius 2 is 2.05 bits per heavy atom. The van der Waals surface area contributed by atoms with Crippen molar-refractivity contribution in [2.24, 2.45) is 0 Å². The van der Waals surface area contributed by atoms with E-state index in [1.54, 1.807) is 11.6 Å². The fourth-order valence-electron chi connectivity index (χ4n) is 2.55. The number of aryl methyl sites for hydroxylation is 2. The van der Waals surface area contributed by atoms with Gasteiger partial charge in [-0.05, 0) is 19.9 Å². The van der Waals surface area contributed by atoms with Crippen LogP contribution in [0.15, 0.2) is 30.6 Å². The largest absolute Gasteiger partial charge is 0.496 e. The van der Waals surface area contributed by atoms with E-state index in [2.05, 4.69) is 39.0 Å². The minimum absolute atomic E-state index is 0.609. The second-order valence-electron chi connectivity index (χ2n) is 5.40. The molecule has 0 bridgehead atoms. The third-order valence-electron chi connectivity index (χ3n) is 3.60. The van der Waals surface area contributed by atoms with Gasteiger partial charge in [-0.1, -0.05) is 17.7 Å². The number of nitrogens with zero attached hydrogens (tertiary/aromatic N) is 5. The van der Waals surface area contributed by atoms with Crippen LogP contribution >= 0.6 is 0 Å². The number of rotatable bonds is 4. The maximum Gasteiger partial charge on any atom is 0.254 e. The zero-order chi connectivity index (χ0) is 15.7. The van der Waals surface area contributed by atoms with E-state index in [4.69, 9.17) is 4.74 Å². The summed E-state index contributed by atoms with van der Waals surface area (Å²) < 4.78 is 7.20. The summed E-state index contributed by atoms with van der Waals surface area (Å²) in [6, 6.07) is 8.20. The lowest BCUT2D eigenvalue weighted by Crippen LogP contribution is -2.20. The highest BCUT2D eigenvalue weighted by molar-refractivity contribution is 5.48. The number of hydrogen-bond donors (Lipinski definition) is 0. The van der Waals surface area contributed by atoms with E-state index >= 15 is 0 Å². The van der Waals surface area contributed by atoms with Crippen molar-refractivity contribution < 1.29 is 4.74 Å². The van der Waals surface area contributed by atoms with E-state index in [0.29, 0.717) is 12.3 Å². The summed E-state index contributed by atoms with van der Waals surface area (Å²) in [6.07, 6.45) is 1.52. The van der Waals surface area contributed by atoms with E-state index in [-0.39, 0.29) is 0 Å². The van der Waals surface area contributed by atoms with Crippen LogP contribution in [0.3, 0.4) is 0 Å². The molecule has 6 nitrogen and oxygen atoms in total. The molecule has 0 fully saturated rings. The summed E-state index contributed by atoms with van der Waals surface area (Å²) in [5.74, 6) is 2.44. The molecule has 0 aliphatic rings. The second kappa shape index (κ2) is 5.63. The number of fused-ring (bicyclic) bond motifs is 1. The monoisotopic (exact) mass is 297 g/mol. The highest BCUT2D eigenvalue weighted by Crippen LogP contribution is 2.24. The predicted molar refractivity (Wildman–Crippen MR) is 85.4 cm³/mol. The number of hydrogen-bond acceptors (Lipinski definition) is 5. The fourth-order valence-corrected chi connectivity index (χ4v) is 2.55. The third-order valence-corrected chi connectivity index (χ3v) is 3.60. The lowest BCUT2D eigenvalue weighted by Gasteiger charge is -2.21. The van der Waals surface area contributed by atoms with Crippen molar-refractivity contribution in [3.63, 3.8) is 0 Å². The van der Waals surface area contributed by atoms with Crippen LogP contribution in [-0.2, 0) is 6.54 Å². The van der Waals surface area contributed by atoms with Crippen LogP contribution in [0.2, 0.25) is 0 Å². The van der Waals surface area contributed by atoms with Crippen molar-refractivity contribution in [3.8, 4) is 5.75 Å². The summed E-state index contributed by atoms with van der Waals surface area (Å²) in [7, 11) is 3.72.